The van der Waals surface area contributed by atoms with Crippen molar-refractivity contribution in [3.63, 3.8) is 0 Å². The van der Waals surface area contributed by atoms with E-state index >= 15 is 0 Å². The molecule has 0 radical (unpaired) electrons. The van der Waals surface area contributed by atoms with E-state index in [-0.39, 0.29) is 0 Å². The molecule has 1 aliphatic carbocycles. The zero-order valence-electron chi connectivity index (χ0n) is 11.9. The highest BCUT2D eigenvalue weighted by atomic mass is 31.2. The van der Waals surface area contributed by atoms with E-state index in [1.807, 2.05) is 0 Å². The van der Waals surface area contributed by atoms with Gasteiger partial charge in [0.1, 0.15) is 0 Å². The number of nitrogens with zero attached hydrogens (tertiary/aromatic N) is 1. The van der Waals surface area contributed by atoms with Crippen LogP contribution in [-0.2, 0) is 0 Å². The van der Waals surface area contributed by atoms with E-state index < -0.39 is 7.87 Å². The van der Waals surface area contributed by atoms with E-state index in [4.69, 9.17) is 0 Å². The quantitative estimate of drug-likeness (QED) is 0.538. The summed E-state index contributed by atoms with van der Waals surface area (Å²) in [5.74, 6) is 0. The van der Waals surface area contributed by atoms with Gasteiger partial charge in [0, 0.05) is 32.2 Å². The van der Waals surface area contributed by atoms with Gasteiger partial charge in [0.25, 0.3) is 0 Å². The first-order valence-electron chi connectivity index (χ1n) is 7.97. The number of allylic oxidation sites excluding steroid dienone is 2. The molecule has 19 heavy (non-hydrogen) atoms. The van der Waals surface area contributed by atoms with Crippen molar-refractivity contribution in [3.8, 4) is 0 Å². The van der Waals surface area contributed by atoms with Crippen LogP contribution >= 0.6 is 7.87 Å². The molecule has 0 aromatic heterocycles. The average molecular weight is 283 g/mol. The molecule has 4 nitrogen and oxygen atoms in total. The van der Waals surface area contributed by atoms with Gasteiger partial charge in [0.2, 0.25) is 0 Å². The first kappa shape index (κ1) is 14.0. The van der Waals surface area contributed by atoms with E-state index in [1.54, 1.807) is 0 Å². The molecule has 2 saturated heterocycles. The number of hydrogen-bond donors (Lipinski definition) is 3. The third kappa shape index (κ3) is 3.37. The second-order valence-corrected chi connectivity index (χ2v) is 8.65. The molecule has 1 unspecified atom stereocenters. The summed E-state index contributed by atoms with van der Waals surface area (Å²) >= 11 is 0. The van der Waals surface area contributed by atoms with Crippen LogP contribution in [0.15, 0.2) is 12.2 Å². The Morgan fingerprint density at radius 1 is 0.947 bits per heavy atom. The molecule has 0 bridgehead atoms. The van der Waals surface area contributed by atoms with E-state index in [9.17, 15) is 0 Å². The Morgan fingerprint density at radius 2 is 1.68 bits per heavy atom. The van der Waals surface area contributed by atoms with Gasteiger partial charge in [-0.2, -0.15) is 0 Å². The molecule has 2 fully saturated rings. The molecule has 2 aliphatic heterocycles. The third-order valence-corrected chi connectivity index (χ3v) is 7.78. The molecular weight excluding hydrogens is 255 g/mol. The smallest absolute Gasteiger partial charge is 0.146 e. The Morgan fingerprint density at radius 3 is 2.47 bits per heavy atom. The maximum atomic E-state index is 4.02. The van der Waals surface area contributed by atoms with E-state index in [2.05, 4.69) is 32.1 Å². The van der Waals surface area contributed by atoms with Crippen LogP contribution in [0.25, 0.3) is 0 Å². The van der Waals surface area contributed by atoms with Gasteiger partial charge in [-0.1, -0.05) is 12.2 Å². The molecule has 108 valence electrons. The molecule has 3 aliphatic rings. The van der Waals surface area contributed by atoms with Gasteiger partial charge in [-0.15, -0.1) is 19.9 Å². The molecule has 0 spiro atoms. The lowest BCUT2D eigenvalue weighted by Crippen LogP contribution is -2.57. The minimum absolute atomic E-state index is 0.678. The van der Waals surface area contributed by atoms with Crippen molar-refractivity contribution in [1.82, 2.24) is 19.9 Å². The summed E-state index contributed by atoms with van der Waals surface area (Å²) in [5, 5.41) is 11.7. The molecule has 5 heteroatoms. The number of fused-ring (bicyclic) bond motifs is 1. The Hall–Kier alpha value is 0.0100. The van der Waals surface area contributed by atoms with Crippen LogP contribution in [0.1, 0.15) is 44.9 Å². The predicted molar refractivity (Wildman–Crippen MR) is 82.9 cm³/mol. The molecule has 0 aromatic carbocycles. The van der Waals surface area contributed by atoms with E-state index in [0.29, 0.717) is 6.04 Å². The van der Waals surface area contributed by atoms with Gasteiger partial charge in [-0.25, -0.2) is 0 Å². The third-order valence-electron chi connectivity index (χ3n) is 4.43. The Bertz CT molecular complexity index is 309. The van der Waals surface area contributed by atoms with Gasteiger partial charge < -0.3 is 0 Å². The highest BCUT2D eigenvalue weighted by molar-refractivity contribution is 7.67. The lowest BCUT2D eigenvalue weighted by Gasteiger charge is -2.43. The molecule has 0 amide bonds. The fourth-order valence-electron chi connectivity index (χ4n) is 3.40. The van der Waals surface area contributed by atoms with Crippen molar-refractivity contribution < 1.29 is 0 Å². The predicted octanol–water partition coefficient (Wildman–Crippen LogP) is 2.43. The van der Waals surface area contributed by atoms with Crippen LogP contribution in [0.2, 0.25) is 0 Å². The van der Waals surface area contributed by atoms with Gasteiger partial charge in [-0.3, -0.25) is 0 Å². The molecule has 3 N–H and O–H groups in total. The van der Waals surface area contributed by atoms with Crippen LogP contribution in [0.4, 0.5) is 0 Å². The maximum Gasteiger partial charge on any atom is 0.300 e. The summed E-state index contributed by atoms with van der Waals surface area (Å²) in [6.45, 7) is 4.84. The van der Waals surface area contributed by atoms with Crippen LogP contribution in [0, 0.1) is 0 Å². The summed E-state index contributed by atoms with van der Waals surface area (Å²) in [6, 6.07) is 0.678. The second kappa shape index (κ2) is 6.64. The van der Waals surface area contributed by atoms with E-state index in [1.165, 1.54) is 58.0 Å². The highest BCUT2D eigenvalue weighted by Crippen LogP contribution is 2.54. The van der Waals surface area contributed by atoms with Crippen LogP contribution < -0.4 is 15.3 Å². The monoisotopic (exact) mass is 283 g/mol. The van der Waals surface area contributed by atoms with Gasteiger partial charge >= 0.3 is 7.87 Å². The van der Waals surface area contributed by atoms with Gasteiger partial charge in [-0.05, 0) is 44.9 Å². The number of hydrogen-bond acceptors (Lipinski definition) is 4. The zero-order valence-corrected chi connectivity index (χ0v) is 12.8. The number of rotatable bonds is 2. The topological polar surface area (TPSA) is 39.3 Å². The highest BCUT2D eigenvalue weighted by Gasteiger charge is 2.50. The second-order valence-electron chi connectivity index (χ2n) is 5.92. The summed E-state index contributed by atoms with van der Waals surface area (Å²) in [6.07, 6.45) is 13.7. The summed E-state index contributed by atoms with van der Waals surface area (Å²) < 4.78 is 2.68. The minimum atomic E-state index is -1.44. The average Bonchev–Trinajstić information content (AvgIpc) is 2.42. The molecule has 2 heterocycles. The Kier molecular flexibility index (Phi) is 4.88. The standard InChI is InChI=1S/C14H28N4P/c1-2-4-8-14(9-5-3-1)17-19-15-10-6-12-18(19)13-7-11-16-19/h1-2,14-17H,3-13H2/q+1/b2-1-. The first-order valence-corrected chi connectivity index (χ1v) is 9.71. The van der Waals surface area contributed by atoms with Crippen LogP contribution in [0.3, 0.4) is 0 Å². The fraction of sp³-hybridized carbons (Fsp3) is 0.857. The van der Waals surface area contributed by atoms with Crippen LogP contribution in [-0.4, -0.2) is 36.9 Å². The van der Waals surface area contributed by atoms with Crippen molar-refractivity contribution >= 4 is 7.87 Å². The summed E-state index contributed by atoms with van der Waals surface area (Å²) in [5.41, 5.74) is 0. The lowest BCUT2D eigenvalue weighted by atomic mass is 10.0. The number of nitrogens with one attached hydrogen (secondary N) is 3. The maximum absolute atomic E-state index is 4.02. The van der Waals surface area contributed by atoms with Crippen molar-refractivity contribution in [2.45, 2.75) is 51.0 Å². The zero-order chi connectivity index (χ0) is 13.0. The minimum Gasteiger partial charge on any atom is -0.146 e. The molecule has 0 saturated carbocycles. The molecule has 0 aromatic rings. The van der Waals surface area contributed by atoms with Crippen LogP contribution in [0.5, 0.6) is 0 Å². The Labute approximate surface area is 117 Å². The molecular formula is C14H28N4P+. The molecule has 1 atom stereocenters. The molecule has 3 rings (SSSR count). The fourth-order valence-corrected chi connectivity index (χ4v) is 6.89. The first-order chi connectivity index (χ1) is 9.39. The van der Waals surface area contributed by atoms with E-state index in [0.717, 1.165) is 13.1 Å². The van der Waals surface area contributed by atoms with Gasteiger partial charge in [0.15, 0.2) is 0 Å². The largest absolute Gasteiger partial charge is 0.300 e. The van der Waals surface area contributed by atoms with Crippen molar-refractivity contribution in [2.75, 3.05) is 26.2 Å². The van der Waals surface area contributed by atoms with Gasteiger partial charge in [0.05, 0.1) is 0 Å². The SMILES string of the molecule is C1=C\CCC(N[P+]23NCCCN2CCCN3)CCC/1. The Balaban J connectivity index is 1.66. The van der Waals surface area contributed by atoms with Crippen molar-refractivity contribution in [1.29, 1.82) is 0 Å². The summed E-state index contributed by atoms with van der Waals surface area (Å²) in [4.78, 5) is 0. The lowest BCUT2D eigenvalue weighted by molar-refractivity contribution is 0.349. The van der Waals surface area contributed by atoms with Crippen molar-refractivity contribution in [3.05, 3.63) is 12.2 Å². The summed E-state index contributed by atoms with van der Waals surface area (Å²) in [7, 11) is -1.44. The van der Waals surface area contributed by atoms with Crippen molar-refractivity contribution in [2.24, 2.45) is 0 Å². The normalized spacial score (nSPS) is 34.0.